The number of thioether (sulfide) groups is 2. The third-order valence-corrected chi connectivity index (χ3v) is 7.49. The van der Waals surface area contributed by atoms with Crippen LogP contribution in [-0.4, -0.2) is 40.8 Å². The topological polar surface area (TPSA) is 60.7 Å². The molecular formula is C24H28N2O3S3. The molecule has 0 aliphatic rings. The minimum Gasteiger partial charge on any atom is -0.462 e. The Morgan fingerprint density at radius 1 is 1.12 bits per heavy atom. The van der Waals surface area contributed by atoms with Crippen LogP contribution in [0.3, 0.4) is 0 Å². The van der Waals surface area contributed by atoms with Crippen molar-refractivity contribution in [3.05, 3.63) is 58.4 Å². The van der Waals surface area contributed by atoms with Gasteiger partial charge in [0, 0.05) is 23.6 Å². The molecule has 8 heteroatoms. The van der Waals surface area contributed by atoms with Gasteiger partial charge in [0.15, 0.2) is 4.80 Å². The number of carbonyl (C=O) groups is 2. The second-order valence-corrected chi connectivity index (χ2v) is 10.4. The van der Waals surface area contributed by atoms with Crippen LogP contribution in [-0.2, 0) is 16.1 Å². The lowest BCUT2D eigenvalue weighted by Crippen LogP contribution is -2.18. The van der Waals surface area contributed by atoms with E-state index in [-0.39, 0.29) is 11.9 Å². The van der Waals surface area contributed by atoms with E-state index in [2.05, 4.69) is 47.0 Å². The fourth-order valence-electron chi connectivity index (χ4n) is 3.11. The number of benzene rings is 2. The fraction of sp³-hybridized carbons (Fsp3) is 0.375. The van der Waals surface area contributed by atoms with Gasteiger partial charge in [-0.25, -0.2) is 4.79 Å². The molecular weight excluding hydrogens is 460 g/mol. The van der Waals surface area contributed by atoms with Gasteiger partial charge in [-0.3, -0.25) is 4.79 Å². The van der Waals surface area contributed by atoms with Crippen LogP contribution in [0, 0.1) is 6.92 Å². The van der Waals surface area contributed by atoms with Gasteiger partial charge in [-0.15, -0.1) is 11.8 Å². The van der Waals surface area contributed by atoms with Crippen molar-refractivity contribution in [3.63, 3.8) is 0 Å². The van der Waals surface area contributed by atoms with E-state index in [0.717, 1.165) is 34.7 Å². The van der Waals surface area contributed by atoms with Gasteiger partial charge in [-0.1, -0.05) is 29.0 Å². The van der Waals surface area contributed by atoms with Crippen LogP contribution in [0.4, 0.5) is 0 Å². The van der Waals surface area contributed by atoms with E-state index in [9.17, 15) is 9.59 Å². The molecule has 0 radical (unpaired) electrons. The molecule has 2 aromatic carbocycles. The zero-order valence-electron chi connectivity index (χ0n) is 18.6. The summed E-state index contributed by atoms with van der Waals surface area (Å²) in [7, 11) is 0. The zero-order chi connectivity index (χ0) is 22.9. The summed E-state index contributed by atoms with van der Waals surface area (Å²) in [6, 6.07) is 14.0. The van der Waals surface area contributed by atoms with Crippen LogP contribution in [0.25, 0.3) is 10.2 Å². The number of rotatable bonds is 10. The summed E-state index contributed by atoms with van der Waals surface area (Å²) in [6.07, 6.45) is 3.26. The number of aromatic nitrogens is 1. The quantitative estimate of drug-likeness (QED) is 0.213. The first kappa shape index (κ1) is 24.6. The largest absolute Gasteiger partial charge is 0.462 e. The second-order valence-electron chi connectivity index (χ2n) is 7.20. The number of nitrogens with zero attached hydrogens (tertiary/aromatic N) is 2. The van der Waals surface area contributed by atoms with Gasteiger partial charge in [-0.05, 0) is 62.6 Å². The van der Waals surface area contributed by atoms with Crippen LogP contribution >= 0.6 is 34.9 Å². The third kappa shape index (κ3) is 6.73. The van der Waals surface area contributed by atoms with Crippen molar-refractivity contribution in [3.8, 4) is 0 Å². The van der Waals surface area contributed by atoms with Crippen molar-refractivity contribution >= 4 is 57.0 Å². The molecule has 1 heterocycles. The maximum atomic E-state index is 12.6. The van der Waals surface area contributed by atoms with Crippen molar-refractivity contribution in [2.24, 2.45) is 4.99 Å². The van der Waals surface area contributed by atoms with Crippen LogP contribution in [0.2, 0.25) is 0 Å². The summed E-state index contributed by atoms with van der Waals surface area (Å²) in [5, 5.41) is 0. The number of carbonyl (C=O) groups excluding carboxylic acids is 2. The van der Waals surface area contributed by atoms with Crippen LogP contribution < -0.4 is 4.80 Å². The van der Waals surface area contributed by atoms with Crippen molar-refractivity contribution in [1.82, 2.24) is 4.57 Å². The maximum Gasteiger partial charge on any atom is 0.338 e. The lowest BCUT2D eigenvalue weighted by molar-refractivity contribution is -0.118. The Labute approximate surface area is 201 Å². The van der Waals surface area contributed by atoms with Gasteiger partial charge >= 0.3 is 5.97 Å². The van der Waals surface area contributed by atoms with Gasteiger partial charge < -0.3 is 9.30 Å². The SMILES string of the molecule is CCOC(=O)c1ccc2c(c1)sc(=NC(=O)CCCSc1ccc(C)cc1)n2CCSC. The molecule has 0 spiro atoms. The number of aryl methyl sites for hydroxylation is 2. The van der Waals surface area contributed by atoms with Crippen molar-refractivity contribution in [2.45, 2.75) is 38.1 Å². The summed E-state index contributed by atoms with van der Waals surface area (Å²) < 4.78 is 8.11. The standard InChI is InChI=1S/C24H28N2O3S3/c1-4-29-23(28)18-9-12-20-21(16-18)32-24(26(20)13-15-30-3)25-22(27)6-5-14-31-19-10-7-17(2)8-11-19/h7-12,16H,4-6,13-15H2,1-3H3. The van der Waals surface area contributed by atoms with E-state index in [1.807, 2.05) is 12.1 Å². The molecule has 0 atom stereocenters. The third-order valence-electron chi connectivity index (χ3n) is 4.76. The highest BCUT2D eigenvalue weighted by atomic mass is 32.2. The molecule has 1 amide bonds. The van der Waals surface area contributed by atoms with Gasteiger partial charge in [0.05, 0.1) is 22.4 Å². The fourth-order valence-corrected chi connectivity index (χ4v) is 5.44. The van der Waals surface area contributed by atoms with Gasteiger partial charge in [-0.2, -0.15) is 16.8 Å². The molecule has 3 aromatic rings. The highest BCUT2D eigenvalue weighted by Crippen LogP contribution is 2.21. The Morgan fingerprint density at radius 2 is 1.91 bits per heavy atom. The zero-order valence-corrected chi connectivity index (χ0v) is 21.1. The monoisotopic (exact) mass is 488 g/mol. The Balaban J connectivity index is 1.73. The van der Waals surface area contributed by atoms with E-state index in [4.69, 9.17) is 4.74 Å². The van der Waals surface area contributed by atoms with E-state index in [1.54, 1.807) is 36.5 Å². The van der Waals surface area contributed by atoms with E-state index in [1.165, 1.54) is 21.8 Å². The van der Waals surface area contributed by atoms with Crippen LogP contribution in [0.1, 0.15) is 35.7 Å². The Kier molecular flexibility index (Phi) is 9.44. The van der Waals surface area contributed by atoms with Crippen LogP contribution in [0.5, 0.6) is 0 Å². The number of amides is 1. The number of thiazole rings is 1. The average molecular weight is 489 g/mol. The maximum absolute atomic E-state index is 12.6. The minimum atomic E-state index is -0.334. The number of esters is 1. The van der Waals surface area contributed by atoms with Gasteiger partial charge in [0.25, 0.3) is 0 Å². The predicted molar refractivity (Wildman–Crippen MR) is 136 cm³/mol. The van der Waals surface area contributed by atoms with Crippen LogP contribution in [0.15, 0.2) is 52.4 Å². The molecule has 0 N–H and O–H groups in total. The smallest absolute Gasteiger partial charge is 0.338 e. The van der Waals surface area contributed by atoms with E-state index < -0.39 is 0 Å². The highest BCUT2D eigenvalue weighted by molar-refractivity contribution is 7.99. The number of ether oxygens (including phenoxy) is 1. The summed E-state index contributed by atoms with van der Waals surface area (Å²) in [5.41, 5.74) is 2.75. The molecule has 0 aliphatic heterocycles. The normalized spacial score (nSPS) is 11.8. The van der Waals surface area contributed by atoms with Gasteiger partial charge in [0.1, 0.15) is 0 Å². The van der Waals surface area contributed by atoms with Crippen molar-refractivity contribution in [1.29, 1.82) is 0 Å². The molecule has 5 nitrogen and oxygen atoms in total. The number of fused-ring (bicyclic) bond motifs is 1. The van der Waals surface area contributed by atoms with Crippen molar-refractivity contribution < 1.29 is 14.3 Å². The number of hydrogen-bond acceptors (Lipinski definition) is 6. The Bertz CT molecular complexity index is 1130. The summed E-state index contributed by atoms with van der Waals surface area (Å²) in [4.78, 5) is 31.0. The molecule has 0 fully saturated rings. The number of hydrogen-bond donors (Lipinski definition) is 0. The first-order valence-corrected chi connectivity index (χ1v) is 13.8. The van der Waals surface area contributed by atoms with Crippen molar-refractivity contribution in [2.75, 3.05) is 24.4 Å². The Hall–Kier alpha value is -2.03. The summed E-state index contributed by atoms with van der Waals surface area (Å²) in [5.74, 6) is 1.36. The lowest BCUT2D eigenvalue weighted by atomic mass is 10.2. The predicted octanol–water partition coefficient (Wildman–Crippen LogP) is 5.55. The van der Waals surface area contributed by atoms with E-state index >= 15 is 0 Å². The molecule has 3 rings (SSSR count). The van der Waals surface area contributed by atoms with E-state index in [0.29, 0.717) is 23.4 Å². The molecule has 0 saturated carbocycles. The summed E-state index contributed by atoms with van der Waals surface area (Å²) in [6.45, 7) is 4.97. The molecule has 0 unspecified atom stereocenters. The molecule has 0 bridgehead atoms. The minimum absolute atomic E-state index is 0.107. The summed E-state index contributed by atoms with van der Waals surface area (Å²) >= 11 is 4.95. The molecule has 1 aromatic heterocycles. The average Bonchev–Trinajstić information content (AvgIpc) is 3.12. The second kappa shape index (κ2) is 12.3. The lowest BCUT2D eigenvalue weighted by Gasteiger charge is -2.05. The molecule has 0 saturated heterocycles. The first-order valence-electron chi connectivity index (χ1n) is 10.6. The highest BCUT2D eigenvalue weighted by Gasteiger charge is 2.12. The first-order chi connectivity index (χ1) is 15.5. The molecule has 170 valence electrons. The van der Waals surface area contributed by atoms with Gasteiger partial charge in [0.2, 0.25) is 5.91 Å². The molecule has 0 aliphatic carbocycles. The Morgan fingerprint density at radius 3 is 2.62 bits per heavy atom. The molecule has 32 heavy (non-hydrogen) atoms.